The van der Waals surface area contributed by atoms with Gasteiger partial charge in [0.05, 0.1) is 29.6 Å². The molecule has 3 rings (SSSR count). The van der Waals surface area contributed by atoms with Crippen LogP contribution in [0, 0.1) is 0 Å². The highest BCUT2D eigenvalue weighted by Crippen LogP contribution is 2.17. The molecule has 0 unspecified atom stereocenters. The van der Waals surface area contributed by atoms with Crippen LogP contribution in [-0.2, 0) is 5.75 Å². The lowest BCUT2D eigenvalue weighted by Crippen LogP contribution is -2.02. The molecule has 1 heterocycles. The molecular weight excluding hydrogens is 296 g/mol. The molecule has 112 valence electrons. The van der Waals surface area contributed by atoms with Crippen LogP contribution in [0.25, 0.3) is 11.0 Å². The fraction of sp³-hybridized carbons (Fsp3) is 0.176. The van der Waals surface area contributed by atoms with Gasteiger partial charge in [-0.2, -0.15) is 0 Å². The number of carbonyl (C=O) groups is 1. The van der Waals surface area contributed by atoms with E-state index in [1.165, 1.54) is 0 Å². The fourth-order valence-electron chi connectivity index (χ4n) is 2.17. The van der Waals surface area contributed by atoms with E-state index in [0.717, 1.165) is 22.6 Å². The molecule has 2 aromatic carbocycles. The van der Waals surface area contributed by atoms with Crippen molar-refractivity contribution in [3.8, 4) is 5.75 Å². The van der Waals surface area contributed by atoms with Crippen LogP contribution in [0.1, 0.15) is 16.2 Å². The molecule has 1 aromatic heterocycles. The van der Waals surface area contributed by atoms with Gasteiger partial charge < -0.3 is 9.72 Å². The molecule has 0 spiro atoms. The highest BCUT2D eigenvalue weighted by molar-refractivity contribution is 7.99. The molecule has 0 atom stereocenters. The number of fused-ring (bicyclic) bond motifs is 1. The van der Waals surface area contributed by atoms with E-state index in [1.807, 2.05) is 24.3 Å². The second-order valence-electron chi connectivity index (χ2n) is 4.85. The maximum Gasteiger partial charge on any atom is 0.172 e. The van der Waals surface area contributed by atoms with Crippen LogP contribution >= 0.6 is 11.8 Å². The first-order valence-electron chi connectivity index (χ1n) is 6.95. The Bertz CT molecular complexity index is 748. The molecule has 0 aliphatic heterocycles. The van der Waals surface area contributed by atoms with Gasteiger partial charge in [0.1, 0.15) is 11.6 Å². The summed E-state index contributed by atoms with van der Waals surface area (Å²) in [6, 6.07) is 15.1. The Kier molecular flexibility index (Phi) is 4.44. The Balaban J connectivity index is 1.56. The summed E-state index contributed by atoms with van der Waals surface area (Å²) in [7, 11) is 1.61. The SMILES string of the molecule is COc1ccc(C(=O)CSCc2nc3ccccc3[nH]2)cc1. The number of methoxy groups -OCH3 is 1. The van der Waals surface area contributed by atoms with Gasteiger partial charge in [-0.05, 0) is 36.4 Å². The van der Waals surface area contributed by atoms with Gasteiger partial charge in [-0.1, -0.05) is 12.1 Å². The Morgan fingerprint density at radius 1 is 1.18 bits per heavy atom. The minimum absolute atomic E-state index is 0.115. The summed E-state index contributed by atoms with van der Waals surface area (Å²) in [5.74, 6) is 2.89. The first-order chi connectivity index (χ1) is 10.8. The van der Waals surface area contributed by atoms with E-state index in [0.29, 0.717) is 17.1 Å². The summed E-state index contributed by atoms with van der Waals surface area (Å²) >= 11 is 1.56. The van der Waals surface area contributed by atoms with Gasteiger partial charge in [-0.25, -0.2) is 4.98 Å². The summed E-state index contributed by atoms with van der Waals surface area (Å²) in [5.41, 5.74) is 2.69. The number of nitrogens with zero attached hydrogens (tertiary/aromatic N) is 1. The van der Waals surface area contributed by atoms with Gasteiger partial charge in [0, 0.05) is 5.56 Å². The van der Waals surface area contributed by atoms with E-state index in [2.05, 4.69) is 9.97 Å². The number of para-hydroxylation sites is 2. The number of imidazole rings is 1. The van der Waals surface area contributed by atoms with Gasteiger partial charge in [0.25, 0.3) is 0 Å². The van der Waals surface area contributed by atoms with Crippen molar-refractivity contribution in [2.45, 2.75) is 5.75 Å². The Labute approximate surface area is 132 Å². The zero-order chi connectivity index (χ0) is 15.4. The maximum absolute atomic E-state index is 12.1. The molecule has 4 nitrogen and oxygen atoms in total. The molecule has 3 aromatic rings. The van der Waals surface area contributed by atoms with Crippen LogP contribution in [0.15, 0.2) is 48.5 Å². The number of nitrogens with one attached hydrogen (secondary N) is 1. The molecule has 0 saturated heterocycles. The summed E-state index contributed by atoms with van der Waals surface area (Å²) in [6.45, 7) is 0. The topological polar surface area (TPSA) is 55.0 Å². The van der Waals surface area contributed by atoms with E-state index in [4.69, 9.17) is 4.74 Å². The van der Waals surface area contributed by atoms with E-state index >= 15 is 0 Å². The maximum atomic E-state index is 12.1. The summed E-state index contributed by atoms with van der Waals surface area (Å²) < 4.78 is 5.09. The van der Waals surface area contributed by atoms with Crippen molar-refractivity contribution in [2.24, 2.45) is 0 Å². The van der Waals surface area contributed by atoms with Crippen LogP contribution < -0.4 is 4.74 Å². The van der Waals surface area contributed by atoms with Crippen molar-refractivity contribution >= 4 is 28.6 Å². The quantitative estimate of drug-likeness (QED) is 0.705. The number of carbonyl (C=O) groups excluding carboxylic acids is 1. The normalized spacial score (nSPS) is 10.8. The smallest absolute Gasteiger partial charge is 0.172 e. The second-order valence-corrected chi connectivity index (χ2v) is 5.83. The molecule has 22 heavy (non-hydrogen) atoms. The Morgan fingerprint density at radius 3 is 2.68 bits per heavy atom. The van der Waals surface area contributed by atoms with Crippen molar-refractivity contribution in [1.29, 1.82) is 0 Å². The summed E-state index contributed by atoms with van der Waals surface area (Å²) in [6.07, 6.45) is 0. The minimum atomic E-state index is 0.115. The lowest BCUT2D eigenvalue weighted by atomic mass is 10.1. The third-order valence-corrected chi connectivity index (χ3v) is 4.27. The number of hydrogen-bond donors (Lipinski definition) is 1. The number of ketones is 1. The first-order valence-corrected chi connectivity index (χ1v) is 8.10. The van der Waals surface area contributed by atoms with Crippen LogP contribution in [0.4, 0.5) is 0 Å². The third-order valence-electron chi connectivity index (χ3n) is 3.32. The van der Waals surface area contributed by atoms with Crippen molar-refractivity contribution in [1.82, 2.24) is 9.97 Å². The van der Waals surface area contributed by atoms with E-state index in [-0.39, 0.29) is 5.78 Å². The molecule has 0 amide bonds. The zero-order valence-electron chi connectivity index (χ0n) is 12.2. The number of aromatic nitrogens is 2. The zero-order valence-corrected chi connectivity index (χ0v) is 13.0. The fourth-order valence-corrected chi connectivity index (χ4v) is 2.96. The highest BCUT2D eigenvalue weighted by atomic mass is 32.2. The molecule has 0 aliphatic carbocycles. The number of thioether (sulfide) groups is 1. The van der Waals surface area contributed by atoms with Gasteiger partial charge >= 0.3 is 0 Å². The van der Waals surface area contributed by atoms with Gasteiger partial charge in [-0.15, -0.1) is 11.8 Å². The molecule has 5 heteroatoms. The molecule has 0 fully saturated rings. The van der Waals surface area contributed by atoms with Crippen LogP contribution in [0.3, 0.4) is 0 Å². The van der Waals surface area contributed by atoms with Crippen molar-refractivity contribution in [3.63, 3.8) is 0 Å². The number of aromatic amines is 1. The number of Topliss-reactive ketones (excluding diaryl/α,β-unsaturated/α-hetero) is 1. The molecule has 0 radical (unpaired) electrons. The Hall–Kier alpha value is -2.27. The first kappa shape index (κ1) is 14.7. The van der Waals surface area contributed by atoms with E-state index in [1.54, 1.807) is 43.1 Å². The lowest BCUT2D eigenvalue weighted by Gasteiger charge is -2.02. The number of hydrogen-bond acceptors (Lipinski definition) is 4. The lowest BCUT2D eigenvalue weighted by molar-refractivity contribution is 0.102. The molecule has 0 bridgehead atoms. The molecule has 0 aliphatic rings. The van der Waals surface area contributed by atoms with Gasteiger partial charge in [0.2, 0.25) is 0 Å². The monoisotopic (exact) mass is 312 g/mol. The predicted molar refractivity (Wildman–Crippen MR) is 89.6 cm³/mol. The van der Waals surface area contributed by atoms with E-state index < -0.39 is 0 Å². The average molecular weight is 312 g/mol. The Morgan fingerprint density at radius 2 is 1.95 bits per heavy atom. The van der Waals surface area contributed by atoms with Crippen LogP contribution in [0.2, 0.25) is 0 Å². The van der Waals surface area contributed by atoms with Gasteiger partial charge in [-0.3, -0.25) is 4.79 Å². The van der Waals surface area contributed by atoms with Crippen molar-refractivity contribution in [3.05, 3.63) is 59.9 Å². The number of benzene rings is 2. The van der Waals surface area contributed by atoms with Crippen molar-refractivity contribution < 1.29 is 9.53 Å². The predicted octanol–water partition coefficient (Wildman–Crippen LogP) is 3.69. The highest BCUT2D eigenvalue weighted by Gasteiger charge is 2.08. The number of ether oxygens (including phenoxy) is 1. The number of rotatable bonds is 6. The van der Waals surface area contributed by atoms with Gasteiger partial charge in [0.15, 0.2) is 5.78 Å². The minimum Gasteiger partial charge on any atom is -0.497 e. The van der Waals surface area contributed by atoms with Crippen LogP contribution in [0.5, 0.6) is 5.75 Å². The molecular formula is C17H16N2O2S. The summed E-state index contributed by atoms with van der Waals surface area (Å²) in [5, 5.41) is 0. The molecule has 0 saturated carbocycles. The molecule has 1 N–H and O–H groups in total. The van der Waals surface area contributed by atoms with E-state index in [9.17, 15) is 4.79 Å². The van der Waals surface area contributed by atoms with Crippen LogP contribution in [-0.4, -0.2) is 28.6 Å². The standard InChI is InChI=1S/C17H16N2O2S/c1-21-13-8-6-12(7-9-13)16(20)10-22-11-17-18-14-4-2-3-5-15(14)19-17/h2-9H,10-11H2,1H3,(H,18,19). The van der Waals surface area contributed by atoms with Crippen molar-refractivity contribution in [2.75, 3.05) is 12.9 Å². The number of H-pyrrole nitrogens is 1. The largest absolute Gasteiger partial charge is 0.497 e. The second kappa shape index (κ2) is 6.66. The average Bonchev–Trinajstić information content (AvgIpc) is 2.97. The third kappa shape index (κ3) is 3.31. The summed E-state index contributed by atoms with van der Waals surface area (Å²) in [4.78, 5) is 19.9.